The molecule has 0 bridgehead atoms. The summed E-state index contributed by atoms with van der Waals surface area (Å²) in [6.07, 6.45) is 18.6. The standard InChI is InChI=1S/C51H65N5O2/c1-7-9-15-32-56-45-22-14-12-20-43(45)51(5,6)47(56)30-24-39-18-16-17-38(23-29-46-50(3,4)42-19-11-13-21-44(42)55(46)31-10-8-2)49(39)53-41-27-25-40(26-28-41)52-48(57)37-54-33-35-58-36-34-54/h11-14,19-30H,7-10,15-18,31-37H2,1-6H3,(H,52,57)/p+1/b38-23+,46-29+. The van der Waals surface area contributed by atoms with Crippen molar-refractivity contribution in [3.8, 4) is 0 Å². The molecule has 0 unspecified atom stereocenters. The molecular weight excluding hydrogens is 715 g/mol. The molecule has 0 saturated carbocycles. The van der Waals surface area contributed by atoms with Crippen LogP contribution in [-0.4, -0.2) is 67.0 Å². The van der Waals surface area contributed by atoms with E-state index in [2.05, 4.69) is 152 Å². The van der Waals surface area contributed by atoms with E-state index in [-0.39, 0.29) is 16.7 Å². The normalized spacial score (nSPS) is 20.3. The maximum absolute atomic E-state index is 12.9. The van der Waals surface area contributed by atoms with Gasteiger partial charge in [-0.3, -0.25) is 9.69 Å². The van der Waals surface area contributed by atoms with Crippen molar-refractivity contribution in [2.24, 2.45) is 0 Å². The monoisotopic (exact) mass is 781 g/mol. The van der Waals surface area contributed by atoms with Crippen LogP contribution in [0.1, 0.15) is 104 Å². The van der Waals surface area contributed by atoms with E-state index in [1.54, 1.807) is 0 Å². The second kappa shape index (κ2) is 18.5. The predicted molar refractivity (Wildman–Crippen MR) is 243 cm³/mol. The van der Waals surface area contributed by atoms with Crippen LogP contribution in [0, 0.1) is 0 Å². The van der Waals surface area contributed by atoms with Gasteiger partial charge < -0.3 is 20.3 Å². The number of hydrogen-bond donors (Lipinski definition) is 2. The number of fused-ring (bicyclic) bond motifs is 2. The summed E-state index contributed by atoms with van der Waals surface area (Å²) in [4.78, 5) is 17.6. The Kier molecular flexibility index (Phi) is 13.2. The topological polar surface area (TPSA) is 59.9 Å². The molecule has 58 heavy (non-hydrogen) atoms. The molecule has 0 radical (unpaired) electrons. The zero-order valence-electron chi connectivity index (χ0n) is 36.0. The van der Waals surface area contributed by atoms with Gasteiger partial charge in [0.05, 0.1) is 25.2 Å². The Bertz CT molecular complexity index is 2090. The van der Waals surface area contributed by atoms with Crippen LogP contribution < -0.4 is 15.5 Å². The molecule has 7 heteroatoms. The maximum atomic E-state index is 12.9. The predicted octanol–water partition coefficient (Wildman–Crippen LogP) is 11.0. The van der Waals surface area contributed by atoms with Crippen LogP contribution in [0.25, 0.3) is 0 Å². The molecule has 3 aromatic rings. The molecule has 1 amide bonds. The highest BCUT2D eigenvalue weighted by Crippen LogP contribution is 2.48. The second-order valence-electron chi connectivity index (χ2n) is 17.5. The minimum atomic E-state index is -0.0989. The van der Waals surface area contributed by atoms with Crippen LogP contribution >= 0.6 is 0 Å². The van der Waals surface area contributed by atoms with E-state index < -0.39 is 0 Å². The lowest BCUT2D eigenvalue weighted by Gasteiger charge is -2.28. The average Bonchev–Trinajstić information content (AvgIpc) is 3.58. The third-order valence-electron chi connectivity index (χ3n) is 12.6. The highest BCUT2D eigenvalue weighted by molar-refractivity contribution is 6.03. The SMILES string of the molecule is CCCCC[N+]1=C(/C=C/C2=C(Nc3ccc(NC(=O)CN4CCOCC4)cc3)C(=C/C=C3/N(CCCC)c4ccccc4C3(C)C)/CCC2)C(C)(C)c2ccccc21. The van der Waals surface area contributed by atoms with Crippen molar-refractivity contribution in [3.63, 3.8) is 0 Å². The molecule has 0 spiro atoms. The highest BCUT2D eigenvalue weighted by atomic mass is 16.5. The quantitative estimate of drug-likeness (QED) is 0.119. The Morgan fingerprint density at radius 1 is 0.793 bits per heavy atom. The third kappa shape index (κ3) is 8.96. The minimum Gasteiger partial charge on any atom is -0.379 e. The number of unbranched alkanes of at least 4 members (excludes halogenated alkanes) is 3. The van der Waals surface area contributed by atoms with Crippen LogP contribution in [0.15, 0.2) is 120 Å². The van der Waals surface area contributed by atoms with Gasteiger partial charge in [0.15, 0.2) is 5.71 Å². The first kappa shape index (κ1) is 41.4. The van der Waals surface area contributed by atoms with Crippen molar-refractivity contribution in [2.75, 3.05) is 61.5 Å². The Morgan fingerprint density at radius 3 is 2.26 bits per heavy atom. The number of hydrogen-bond acceptors (Lipinski definition) is 5. The molecule has 1 fully saturated rings. The highest BCUT2D eigenvalue weighted by Gasteiger charge is 2.44. The van der Waals surface area contributed by atoms with Gasteiger partial charge in [-0.1, -0.05) is 89.1 Å². The lowest BCUT2D eigenvalue weighted by Crippen LogP contribution is -2.41. The molecule has 4 aliphatic rings. The number of carbonyl (C=O) groups excluding carboxylic acids is 1. The van der Waals surface area contributed by atoms with Crippen molar-refractivity contribution in [1.82, 2.24) is 4.90 Å². The molecule has 0 atom stereocenters. The summed E-state index contributed by atoms with van der Waals surface area (Å²) >= 11 is 0. The average molecular weight is 781 g/mol. The van der Waals surface area contributed by atoms with E-state index in [1.165, 1.54) is 70.0 Å². The molecule has 2 N–H and O–H groups in total. The smallest absolute Gasteiger partial charge is 0.238 e. The zero-order valence-corrected chi connectivity index (χ0v) is 36.0. The van der Waals surface area contributed by atoms with Gasteiger partial charge in [-0.05, 0) is 99.1 Å². The summed E-state index contributed by atoms with van der Waals surface area (Å²) in [6, 6.07) is 26.1. The first-order valence-electron chi connectivity index (χ1n) is 22.0. The van der Waals surface area contributed by atoms with E-state index in [9.17, 15) is 4.79 Å². The Morgan fingerprint density at radius 2 is 1.50 bits per heavy atom. The number of benzene rings is 3. The lowest BCUT2D eigenvalue weighted by atomic mass is 9.81. The van der Waals surface area contributed by atoms with E-state index in [1.807, 2.05) is 12.1 Å². The summed E-state index contributed by atoms with van der Waals surface area (Å²) in [5.74, 6) is 0.00599. The number of carbonyl (C=O) groups is 1. The van der Waals surface area contributed by atoms with Crippen molar-refractivity contribution in [1.29, 1.82) is 0 Å². The van der Waals surface area contributed by atoms with Gasteiger partial charge in [0.2, 0.25) is 11.6 Å². The largest absolute Gasteiger partial charge is 0.379 e. The first-order valence-corrected chi connectivity index (χ1v) is 22.0. The van der Waals surface area contributed by atoms with Gasteiger partial charge in [-0.25, -0.2) is 0 Å². The van der Waals surface area contributed by atoms with Crippen LogP contribution in [0.5, 0.6) is 0 Å². The molecular formula is C51H66N5O2+. The lowest BCUT2D eigenvalue weighted by molar-refractivity contribution is -0.438. The Labute approximate surface area is 348 Å². The van der Waals surface area contributed by atoms with E-state index in [0.717, 1.165) is 69.7 Å². The summed E-state index contributed by atoms with van der Waals surface area (Å²) in [5.41, 5.74) is 13.6. The number of para-hydroxylation sites is 2. The third-order valence-corrected chi connectivity index (χ3v) is 12.6. The van der Waals surface area contributed by atoms with E-state index >= 15 is 0 Å². The maximum Gasteiger partial charge on any atom is 0.238 e. The van der Waals surface area contributed by atoms with Crippen molar-refractivity contribution >= 4 is 34.4 Å². The summed E-state index contributed by atoms with van der Waals surface area (Å²) in [6.45, 7) is 19.4. The number of ether oxygens (including phenoxy) is 1. The minimum absolute atomic E-state index is 0.00599. The van der Waals surface area contributed by atoms with Crippen molar-refractivity contribution < 1.29 is 14.1 Å². The van der Waals surface area contributed by atoms with Gasteiger partial charge in [0, 0.05) is 77.6 Å². The fourth-order valence-electron chi connectivity index (χ4n) is 9.32. The number of rotatable bonds is 15. The summed E-state index contributed by atoms with van der Waals surface area (Å²) in [5, 5.41) is 7.02. The molecule has 7 nitrogen and oxygen atoms in total. The zero-order chi connectivity index (χ0) is 40.7. The second-order valence-corrected chi connectivity index (χ2v) is 17.5. The van der Waals surface area contributed by atoms with E-state index in [0.29, 0.717) is 19.8 Å². The number of nitrogens with one attached hydrogen (secondary N) is 2. The summed E-state index contributed by atoms with van der Waals surface area (Å²) < 4.78 is 8.04. The van der Waals surface area contributed by atoms with Gasteiger partial charge in [0.1, 0.15) is 6.54 Å². The van der Waals surface area contributed by atoms with Crippen molar-refractivity contribution in [3.05, 3.63) is 131 Å². The van der Waals surface area contributed by atoms with Gasteiger partial charge in [-0.15, -0.1) is 0 Å². The van der Waals surface area contributed by atoms with Gasteiger partial charge in [-0.2, -0.15) is 4.58 Å². The van der Waals surface area contributed by atoms with Gasteiger partial charge in [0.25, 0.3) is 0 Å². The number of amides is 1. The van der Waals surface area contributed by atoms with Crippen molar-refractivity contribution in [2.45, 2.75) is 104 Å². The Balaban J connectivity index is 1.24. The number of allylic oxidation sites excluding steroid dienone is 7. The molecule has 7 rings (SSSR count). The fraction of sp³-hybridized carbons (Fsp3) is 0.451. The number of anilines is 3. The van der Waals surface area contributed by atoms with E-state index in [4.69, 9.17) is 4.74 Å². The first-order chi connectivity index (χ1) is 28.1. The van der Waals surface area contributed by atoms with Crippen LogP contribution in [0.4, 0.5) is 22.7 Å². The van der Waals surface area contributed by atoms with Gasteiger partial charge >= 0.3 is 0 Å². The molecule has 1 saturated heterocycles. The van der Waals surface area contributed by atoms with Crippen LogP contribution in [0.2, 0.25) is 0 Å². The van der Waals surface area contributed by atoms with Crippen LogP contribution in [0.3, 0.4) is 0 Å². The fourth-order valence-corrected chi connectivity index (χ4v) is 9.32. The summed E-state index contributed by atoms with van der Waals surface area (Å²) in [7, 11) is 0. The van der Waals surface area contributed by atoms with Crippen LogP contribution in [-0.2, 0) is 20.4 Å². The number of morpholine rings is 1. The molecule has 3 heterocycles. The molecule has 3 aliphatic heterocycles. The molecule has 0 aromatic heterocycles. The molecule has 3 aromatic carbocycles. The molecule has 306 valence electrons. The molecule has 1 aliphatic carbocycles. The Hall–Kier alpha value is -4.72. The number of nitrogens with zero attached hydrogens (tertiary/aromatic N) is 3.